The van der Waals surface area contributed by atoms with Crippen molar-refractivity contribution in [2.45, 2.75) is 23.2 Å². The van der Waals surface area contributed by atoms with Crippen LogP contribution in [0.2, 0.25) is 0 Å². The van der Waals surface area contributed by atoms with E-state index in [1.165, 1.54) is 0 Å². The van der Waals surface area contributed by atoms with E-state index in [4.69, 9.17) is 9.47 Å². The summed E-state index contributed by atoms with van der Waals surface area (Å²) in [4.78, 5) is 18.5. The van der Waals surface area contributed by atoms with E-state index in [2.05, 4.69) is 10.3 Å². The zero-order valence-electron chi connectivity index (χ0n) is 16.4. The fourth-order valence-electron chi connectivity index (χ4n) is 3.68. The van der Waals surface area contributed by atoms with E-state index in [1.54, 1.807) is 12.3 Å². The highest BCUT2D eigenvalue weighted by Gasteiger charge is 2.51. The number of fused-ring (bicyclic) bond motifs is 1. The highest BCUT2D eigenvalue weighted by Crippen LogP contribution is 2.51. The summed E-state index contributed by atoms with van der Waals surface area (Å²) in [5.41, 5.74) is 2.03. The molecule has 2 aliphatic rings. The first-order valence-corrected chi connectivity index (χ1v) is 11.2. The topological polar surface area (TPSA) is 83.5 Å². The van der Waals surface area contributed by atoms with Crippen molar-refractivity contribution >= 4 is 22.9 Å². The Hall–Kier alpha value is -3.03. The van der Waals surface area contributed by atoms with Crippen LogP contribution in [0.3, 0.4) is 0 Å². The minimum Gasteiger partial charge on any atom is -0.612 e. The van der Waals surface area contributed by atoms with Crippen molar-refractivity contribution in [1.82, 2.24) is 4.98 Å². The molecule has 1 N–H and O–H groups in total. The molecule has 0 bridgehead atoms. The van der Waals surface area contributed by atoms with Gasteiger partial charge in [0.05, 0.1) is 11.1 Å². The van der Waals surface area contributed by atoms with Crippen molar-refractivity contribution in [3.05, 3.63) is 66.2 Å². The van der Waals surface area contributed by atoms with Crippen molar-refractivity contribution in [2.75, 3.05) is 18.4 Å². The number of carbonyl (C=O) groups excluding carboxylic acids is 1. The normalized spacial score (nSPS) is 16.7. The van der Waals surface area contributed by atoms with Gasteiger partial charge in [0.2, 0.25) is 12.7 Å². The van der Waals surface area contributed by atoms with Crippen molar-refractivity contribution in [3.8, 4) is 22.8 Å². The standard InChI is InChI=1S/C23H20N2O4S/c1-30(27)17-8-5-15(6-9-17)18-3-2-4-21(24-18)25-22(26)23(11-12-23)16-7-10-19-20(13-16)29-14-28-19/h2-10,13H,11-12,14H2,1H3,(H,24,25,26). The molecule has 2 heterocycles. The molecule has 1 saturated carbocycles. The van der Waals surface area contributed by atoms with Crippen molar-refractivity contribution < 1.29 is 18.8 Å². The molecule has 1 aliphatic carbocycles. The third kappa shape index (κ3) is 3.40. The van der Waals surface area contributed by atoms with Gasteiger partial charge in [0.25, 0.3) is 0 Å². The molecule has 1 atom stereocenters. The number of carbonyl (C=O) groups is 1. The molecule has 0 saturated heterocycles. The number of rotatable bonds is 5. The van der Waals surface area contributed by atoms with Crippen LogP contribution < -0.4 is 14.8 Å². The quantitative estimate of drug-likeness (QED) is 0.633. The number of pyridine rings is 1. The molecular formula is C23H20N2O4S. The Labute approximate surface area is 177 Å². The number of amides is 1. The van der Waals surface area contributed by atoms with Gasteiger partial charge in [-0.15, -0.1) is 0 Å². The number of nitrogens with zero attached hydrogens (tertiary/aromatic N) is 1. The number of aromatic nitrogens is 1. The highest BCUT2D eigenvalue weighted by atomic mass is 32.2. The van der Waals surface area contributed by atoms with Crippen molar-refractivity contribution in [3.63, 3.8) is 0 Å². The Morgan fingerprint density at radius 3 is 2.57 bits per heavy atom. The molecule has 1 aromatic heterocycles. The van der Waals surface area contributed by atoms with Crippen LogP contribution in [0.1, 0.15) is 18.4 Å². The van der Waals surface area contributed by atoms with E-state index in [0.717, 1.165) is 34.6 Å². The predicted octanol–water partition coefficient (Wildman–Crippen LogP) is 3.89. The number of hydrogen-bond donors (Lipinski definition) is 1. The van der Waals surface area contributed by atoms with Crippen molar-refractivity contribution in [1.29, 1.82) is 0 Å². The lowest BCUT2D eigenvalue weighted by atomic mass is 9.94. The Morgan fingerprint density at radius 2 is 1.83 bits per heavy atom. The van der Waals surface area contributed by atoms with Gasteiger partial charge in [-0.05, 0) is 78.1 Å². The first-order valence-electron chi connectivity index (χ1n) is 9.68. The lowest BCUT2D eigenvalue weighted by Gasteiger charge is -2.16. The Kier molecular flexibility index (Phi) is 4.64. The van der Waals surface area contributed by atoms with Gasteiger partial charge in [-0.1, -0.05) is 12.1 Å². The number of anilines is 1. The Bertz CT molecular complexity index is 1110. The molecule has 2 aromatic carbocycles. The van der Waals surface area contributed by atoms with Gasteiger partial charge >= 0.3 is 0 Å². The van der Waals surface area contributed by atoms with E-state index in [-0.39, 0.29) is 12.7 Å². The van der Waals surface area contributed by atoms with E-state index in [1.807, 2.05) is 54.6 Å². The average Bonchev–Trinajstić information content (AvgIpc) is 3.45. The summed E-state index contributed by atoms with van der Waals surface area (Å²) < 4.78 is 22.4. The fraction of sp³-hybridized carbons (Fsp3) is 0.217. The molecule has 6 nitrogen and oxygen atoms in total. The van der Waals surface area contributed by atoms with Gasteiger partial charge in [0, 0.05) is 5.56 Å². The number of nitrogens with one attached hydrogen (secondary N) is 1. The summed E-state index contributed by atoms with van der Waals surface area (Å²) in [5.74, 6) is 1.83. The van der Waals surface area contributed by atoms with Gasteiger partial charge in [-0.2, -0.15) is 0 Å². The third-order valence-corrected chi connectivity index (χ3v) is 6.52. The van der Waals surface area contributed by atoms with E-state index in [9.17, 15) is 9.35 Å². The molecule has 0 spiro atoms. The van der Waals surface area contributed by atoms with Gasteiger partial charge in [0.1, 0.15) is 12.1 Å². The lowest BCUT2D eigenvalue weighted by Crippen LogP contribution is -2.28. The second kappa shape index (κ2) is 7.34. The Morgan fingerprint density at radius 1 is 1.07 bits per heavy atom. The van der Waals surface area contributed by atoms with Crippen LogP contribution in [-0.2, 0) is 21.4 Å². The molecule has 3 aromatic rings. The molecule has 152 valence electrons. The second-order valence-corrected chi connectivity index (χ2v) is 8.87. The number of hydrogen-bond acceptors (Lipinski definition) is 5. The van der Waals surface area contributed by atoms with E-state index in [0.29, 0.717) is 17.3 Å². The first kappa shape index (κ1) is 19.0. The maximum absolute atomic E-state index is 13.1. The molecule has 1 unspecified atom stereocenters. The fourth-order valence-corrected chi connectivity index (χ4v) is 4.20. The summed E-state index contributed by atoms with van der Waals surface area (Å²) in [6, 6.07) is 18.7. The zero-order valence-corrected chi connectivity index (χ0v) is 17.2. The molecular weight excluding hydrogens is 400 g/mol. The van der Waals surface area contributed by atoms with E-state index >= 15 is 0 Å². The van der Waals surface area contributed by atoms with Crippen LogP contribution in [0.4, 0.5) is 5.82 Å². The van der Waals surface area contributed by atoms with Gasteiger partial charge in [0.15, 0.2) is 16.4 Å². The summed E-state index contributed by atoms with van der Waals surface area (Å²) in [7, 11) is 0. The minimum atomic E-state index is -1.02. The number of benzene rings is 2. The van der Waals surface area contributed by atoms with Crippen LogP contribution in [0.15, 0.2) is 65.6 Å². The van der Waals surface area contributed by atoms with Crippen molar-refractivity contribution in [2.24, 2.45) is 0 Å². The van der Waals surface area contributed by atoms with Gasteiger partial charge in [-0.25, -0.2) is 4.98 Å². The molecule has 1 amide bonds. The first-order chi connectivity index (χ1) is 14.5. The highest BCUT2D eigenvalue weighted by molar-refractivity contribution is 7.90. The SMILES string of the molecule is C[S+]([O-])c1ccc(-c2cccc(NC(=O)C3(c4ccc5c(c4)OCO5)CC3)n2)cc1. The van der Waals surface area contributed by atoms with Crippen LogP contribution >= 0.6 is 0 Å². The van der Waals surface area contributed by atoms with E-state index < -0.39 is 16.6 Å². The largest absolute Gasteiger partial charge is 0.612 e. The molecule has 5 rings (SSSR count). The maximum atomic E-state index is 13.1. The molecule has 1 aliphatic heterocycles. The summed E-state index contributed by atoms with van der Waals surface area (Å²) >= 11 is -1.02. The monoisotopic (exact) mass is 420 g/mol. The predicted molar refractivity (Wildman–Crippen MR) is 114 cm³/mol. The average molecular weight is 420 g/mol. The lowest BCUT2D eigenvalue weighted by molar-refractivity contribution is -0.118. The second-order valence-electron chi connectivity index (χ2n) is 7.49. The smallest absolute Gasteiger partial charge is 0.236 e. The summed E-state index contributed by atoms with van der Waals surface area (Å²) in [6.07, 6.45) is 3.22. The number of ether oxygens (including phenoxy) is 2. The maximum Gasteiger partial charge on any atom is 0.236 e. The molecule has 0 radical (unpaired) electrons. The molecule has 1 fully saturated rings. The zero-order chi connectivity index (χ0) is 20.7. The van der Waals surface area contributed by atoms with Crippen LogP contribution in [0, 0.1) is 0 Å². The van der Waals surface area contributed by atoms with Crippen LogP contribution in [-0.4, -0.2) is 28.5 Å². The van der Waals surface area contributed by atoms with Crippen LogP contribution in [0.5, 0.6) is 11.5 Å². The van der Waals surface area contributed by atoms with Gasteiger partial charge in [-0.3, -0.25) is 4.79 Å². The van der Waals surface area contributed by atoms with Crippen LogP contribution in [0.25, 0.3) is 11.3 Å². The van der Waals surface area contributed by atoms with Gasteiger partial charge < -0.3 is 19.3 Å². The molecule has 30 heavy (non-hydrogen) atoms. The minimum absolute atomic E-state index is 0.0669. The third-order valence-electron chi connectivity index (χ3n) is 5.58. The molecule has 7 heteroatoms. The summed E-state index contributed by atoms with van der Waals surface area (Å²) in [5, 5.41) is 2.98. The summed E-state index contributed by atoms with van der Waals surface area (Å²) in [6.45, 7) is 0.212. The Balaban J connectivity index is 1.36.